The predicted molar refractivity (Wildman–Crippen MR) is 55.5 cm³/mol. The van der Waals surface area contributed by atoms with Crippen LogP contribution < -0.4 is 0 Å². The number of hydrogen-bond donors (Lipinski definition) is 0. The maximum atomic E-state index is 11.9. The number of carbonyl (C=O) groups excluding carboxylic acids is 2. The van der Waals surface area contributed by atoms with Crippen LogP contribution in [0.3, 0.4) is 0 Å². The molecule has 2 amide bonds. The van der Waals surface area contributed by atoms with Gasteiger partial charge in [-0.25, -0.2) is 0 Å². The van der Waals surface area contributed by atoms with E-state index < -0.39 is 0 Å². The molecule has 1 saturated heterocycles. The van der Waals surface area contributed by atoms with Gasteiger partial charge in [0.15, 0.2) is 0 Å². The van der Waals surface area contributed by atoms with Gasteiger partial charge in [0.25, 0.3) is 0 Å². The van der Waals surface area contributed by atoms with Gasteiger partial charge in [-0.05, 0) is 19.8 Å². The number of rotatable bonds is 1. The molecule has 1 heterocycles. The van der Waals surface area contributed by atoms with Crippen molar-refractivity contribution in [2.75, 3.05) is 6.54 Å². The minimum Gasteiger partial charge on any atom is -0.274 e. The third-order valence-corrected chi connectivity index (χ3v) is 3.01. The second kappa shape index (κ2) is 3.90. The number of carbonyl (C=O) groups is 2. The Labute approximate surface area is 89.1 Å². The number of allylic oxidation sites excluding steroid dienone is 2. The number of amides is 2. The fourth-order valence-corrected chi connectivity index (χ4v) is 2.18. The highest BCUT2D eigenvalue weighted by Crippen LogP contribution is 2.34. The van der Waals surface area contributed by atoms with Crippen molar-refractivity contribution in [2.24, 2.45) is 11.8 Å². The van der Waals surface area contributed by atoms with E-state index in [4.69, 9.17) is 0 Å². The minimum absolute atomic E-state index is 0.0444. The van der Waals surface area contributed by atoms with Crippen LogP contribution in [-0.4, -0.2) is 23.3 Å². The molecule has 78 valence electrons. The molecule has 1 aliphatic heterocycles. The first-order chi connectivity index (χ1) is 7.25. The number of imide groups is 1. The smallest absolute Gasteiger partial charge is 0.234 e. The van der Waals surface area contributed by atoms with Crippen LogP contribution in [-0.2, 0) is 9.59 Å². The number of nitrogens with zero attached hydrogens (tertiary/aromatic N) is 1. The lowest BCUT2D eigenvalue weighted by molar-refractivity contribution is -0.139. The first kappa shape index (κ1) is 9.97. The fraction of sp³-hybridized carbons (Fsp3) is 0.500. The SMILES string of the molecule is CC#CCN1C(=O)[C@@H]2CC=CC[C@H]2C1=O. The van der Waals surface area contributed by atoms with E-state index in [2.05, 4.69) is 11.8 Å². The van der Waals surface area contributed by atoms with Gasteiger partial charge >= 0.3 is 0 Å². The molecule has 0 aromatic rings. The van der Waals surface area contributed by atoms with Crippen LogP contribution in [0.5, 0.6) is 0 Å². The average Bonchev–Trinajstić information content (AvgIpc) is 2.51. The van der Waals surface area contributed by atoms with Crippen molar-refractivity contribution < 1.29 is 9.59 Å². The lowest BCUT2D eigenvalue weighted by Gasteiger charge is -2.14. The van der Waals surface area contributed by atoms with Gasteiger partial charge in [-0.1, -0.05) is 18.1 Å². The largest absolute Gasteiger partial charge is 0.274 e. The molecule has 0 saturated carbocycles. The van der Waals surface area contributed by atoms with Gasteiger partial charge in [0.05, 0.1) is 18.4 Å². The maximum absolute atomic E-state index is 11.9. The van der Waals surface area contributed by atoms with Gasteiger partial charge in [-0.3, -0.25) is 14.5 Å². The van der Waals surface area contributed by atoms with Gasteiger partial charge in [0.2, 0.25) is 11.8 Å². The Morgan fingerprint density at radius 2 is 1.80 bits per heavy atom. The van der Waals surface area contributed by atoms with E-state index in [1.807, 2.05) is 12.2 Å². The normalized spacial score (nSPS) is 28.7. The van der Waals surface area contributed by atoms with Crippen molar-refractivity contribution in [3.63, 3.8) is 0 Å². The first-order valence-corrected chi connectivity index (χ1v) is 5.15. The van der Waals surface area contributed by atoms with Crippen LogP contribution >= 0.6 is 0 Å². The highest BCUT2D eigenvalue weighted by molar-refractivity contribution is 6.05. The van der Waals surface area contributed by atoms with Crippen LogP contribution in [0.15, 0.2) is 12.2 Å². The Morgan fingerprint density at radius 3 is 2.27 bits per heavy atom. The molecule has 0 unspecified atom stereocenters. The summed E-state index contributed by atoms with van der Waals surface area (Å²) in [5.74, 6) is 5.14. The molecule has 2 aliphatic rings. The minimum atomic E-state index is -0.124. The fourth-order valence-electron chi connectivity index (χ4n) is 2.18. The summed E-state index contributed by atoms with van der Waals surface area (Å²) >= 11 is 0. The molecule has 0 aromatic heterocycles. The zero-order valence-corrected chi connectivity index (χ0v) is 8.69. The molecule has 15 heavy (non-hydrogen) atoms. The van der Waals surface area contributed by atoms with E-state index in [1.165, 1.54) is 4.90 Å². The summed E-state index contributed by atoms with van der Waals surface area (Å²) in [6.45, 7) is 1.96. The van der Waals surface area contributed by atoms with Gasteiger partial charge in [-0.2, -0.15) is 0 Å². The second-order valence-corrected chi connectivity index (χ2v) is 3.85. The van der Waals surface area contributed by atoms with Crippen LogP contribution in [0.1, 0.15) is 19.8 Å². The molecular formula is C12H13NO2. The van der Waals surface area contributed by atoms with E-state index in [0.717, 1.165) is 0 Å². The monoisotopic (exact) mass is 203 g/mol. The van der Waals surface area contributed by atoms with Gasteiger partial charge in [0, 0.05) is 0 Å². The molecule has 2 rings (SSSR count). The zero-order chi connectivity index (χ0) is 10.8. The molecule has 3 heteroatoms. The number of fused-ring (bicyclic) bond motifs is 1. The third-order valence-electron chi connectivity index (χ3n) is 3.01. The topological polar surface area (TPSA) is 37.4 Å². The first-order valence-electron chi connectivity index (χ1n) is 5.15. The second-order valence-electron chi connectivity index (χ2n) is 3.85. The van der Waals surface area contributed by atoms with E-state index in [1.54, 1.807) is 6.92 Å². The van der Waals surface area contributed by atoms with Crippen molar-refractivity contribution >= 4 is 11.8 Å². The Kier molecular flexibility index (Phi) is 2.59. The summed E-state index contributed by atoms with van der Waals surface area (Å²) in [6, 6.07) is 0. The highest BCUT2D eigenvalue weighted by atomic mass is 16.2. The number of hydrogen-bond acceptors (Lipinski definition) is 2. The van der Waals surface area contributed by atoms with Gasteiger partial charge in [-0.15, -0.1) is 5.92 Å². The average molecular weight is 203 g/mol. The summed E-state index contributed by atoms with van der Waals surface area (Å²) < 4.78 is 0. The molecule has 0 aromatic carbocycles. The van der Waals surface area contributed by atoms with Crippen molar-refractivity contribution in [3.8, 4) is 11.8 Å². The van der Waals surface area contributed by atoms with E-state index >= 15 is 0 Å². The van der Waals surface area contributed by atoms with Crippen LogP contribution in [0, 0.1) is 23.7 Å². The van der Waals surface area contributed by atoms with Crippen molar-refractivity contribution in [3.05, 3.63) is 12.2 Å². The summed E-state index contributed by atoms with van der Waals surface area (Å²) in [7, 11) is 0. The molecule has 0 radical (unpaired) electrons. The molecule has 1 aliphatic carbocycles. The lowest BCUT2D eigenvalue weighted by atomic mass is 9.85. The van der Waals surface area contributed by atoms with Gasteiger partial charge < -0.3 is 0 Å². The Morgan fingerprint density at radius 1 is 1.27 bits per heavy atom. The van der Waals surface area contributed by atoms with E-state index in [0.29, 0.717) is 12.8 Å². The zero-order valence-electron chi connectivity index (χ0n) is 8.69. The van der Waals surface area contributed by atoms with Crippen LogP contribution in [0.25, 0.3) is 0 Å². The summed E-state index contributed by atoms with van der Waals surface area (Å²) in [6.07, 6.45) is 5.37. The van der Waals surface area contributed by atoms with Crippen molar-refractivity contribution in [1.82, 2.24) is 4.90 Å². The molecule has 3 nitrogen and oxygen atoms in total. The molecule has 1 fully saturated rings. The Balaban J connectivity index is 2.19. The van der Waals surface area contributed by atoms with Gasteiger partial charge in [0.1, 0.15) is 0 Å². The highest BCUT2D eigenvalue weighted by Gasteiger charge is 2.46. The Bertz CT molecular complexity index is 360. The van der Waals surface area contributed by atoms with Crippen molar-refractivity contribution in [1.29, 1.82) is 0 Å². The molecule has 0 bridgehead atoms. The van der Waals surface area contributed by atoms with Crippen LogP contribution in [0.2, 0.25) is 0 Å². The van der Waals surface area contributed by atoms with E-state index in [-0.39, 0.29) is 30.2 Å². The van der Waals surface area contributed by atoms with E-state index in [9.17, 15) is 9.59 Å². The summed E-state index contributed by atoms with van der Waals surface area (Å²) in [4.78, 5) is 25.0. The Hall–Kier alpha value is -1.56. The van der Waals surface area contributed by atoms with Crippen molar-refractivity contribution in [2.45, 2.75) is 19.8 Å². The summed E-state index contributed by atoms with van der Waals surface area (Å²) in [5, 5.41) is 0. The maximum Gasteiger partial charge on any atom is 0.234 e. The molecule has 2 atom stereocenters. The third kappa shape index (κ3) is 1.56. The van der Waals surface area contributed by atoms with Crippen LogP contribution in [0.4, 0.5) is 0 Å². The molecular weight excluding hydrogens is 190 g/mol. The number of likely N-dealkylation sites (tertiary alicyclic amines) is 1. The predicted octanol–water partition coefficient (Wildman–Crippen LogP) is 0.961. The quantitative estimate of drug-likeness (QED) is 0.361. The lowest BCUT2D eigenvalue weighted by Crippen LogP contribution is -2.31. The standard InChI is InChI=1S/C12H13NO2/c1-2-3-8-13-11(14)9-6-4-5-7-10(9)12(13)15/h4-5,9-10H,6-8H2,1H3/t9-,10-/m1/s1. The summed E-state index contributed by atoms with van der Waals surface area (Å²) in [5.41, 5.74) is 0. The molecule has 0 N–H and O–H groups in total. The molecule has 0 spiro atoms.